The van der Waals surface area contributed by atoms with Gasteiger partial charge in [-0.3, -0.25) is 4.79 Å². The Bertz CT molecular complexity index is 665. The van der Waals surface area contributed by atoms with E-state index in [1.807, 2.05) is 0 Å². The fourth-order valence-corrected chi connectivity index (χ4v) is 4.56. The van der Waals surface area contributed by atoms with Crippen molar-refractivity contribution in [3.63, 3.8) is 0 Å². The Balaban J connectivity index is 1.69. The SMILES string of the molecule is NC1CC(O)C(CNC=O)OC1OC1C(N)CC(N)C(OC2OC(CO)C(O)C(N)C2O)C1O. The standard InChI is InChI=1S/C19H37N5O10/c20-6-1-7(21)17(34-19-14(29)12(23)13(28)11(4-25)32-19)15(30)16(6)33-18-8(22)2-9(27)10(31-18)3-24-5-26/h5-19,25,27-30H,1-4,20-23H2,(H,24,26). The van der Waals surface area contributed by atoms with Gasteiger partial charge in [0.1, 0.15) is 42.7 Å². The number of aliphatic hydroxyl groups excluding tert-OH is 5. The number of nitrogens with two attached hydrogens (primary N) is 4. The minimum absolute atomic E-state index is 0.0299. The molecule has 3 aliphatic rings. The first-order valence-electron chi connectivity index (χ1n) is 11.2. The van der Waals surface area contributed by atoms with Crippen molar-refractivity contribution in [2.24, 2.45) is 22.9 Å². The number of nitrogens with one attached hydrogen (secondary N) is 1. The van der Waals surface area contributed by atoms with Crippen LogP contribution in [0.4, 0.5) is 0 Å². The highest BCUT2D eigenvalue weighted by Gasteiger charge is 2.50. The Kier molecular flexibility index (Phi) is 9.55. The van der Waals surface area contributed by atoms with Crippen LogP contribution in [0.2, 0.25) is 0 Å². The highest BCUT2D eigenvalue weighted by molar-refractivity contribution is 5.45. The van der Waals surface area contributed by atoms with Gasteiger partial charge in [-0.1, -0.05) is 0 Å². The van der Waals surface area contributed by atoms with Crippen molar-refractivity contribution >= 4 is 6.41 Å². The van der Waals surface area contributed by atoms with E-state index in [4.69, 9.17) is 41.9 Å². The van der Waals surface area contributed by atoms with Gasteiger partial charge in [0.25, 0.3) is 0 Å². The molecule has 1 aliphatic carbocycles. The van der Waals surface area contributed by atoms with Gasteiger partial charge in [0.15, 0.2) is 12.6 Å². The second kappa shape index (κ2) is 11.8. The summed E-state index contributed by atoms with van der Waals surface area (Å²) in [5, 5.41) is 53.4. The van der Waals surface area contributed by atoms with Gasteiger partial charge in [0.2, 0.25) is 6.41 Å². The van der Waals surface area contributed by atoms with Gasteiger partial charge in [-0.25, -0.2) is 0 Å². The summed E-state index contributed by atoms with van der Waals surface area (Å²) in [5.74, 6) is 0. The van der Waals surface area contributed by atoms with Crippen molar-refractivity contribution in [3.8, 4) is 0 Å². The van der Waals surface area contributed by atoms with Gasteiger partial charge < -0.3 is 72.7 Å². The number of amides is 1. The van der Waals surface area contributed by atoms with Gasteiger partial charge >= 0.3 is 0 Å². The number of rotatable bonds is 8. The van der Waals surface area contributed by atoms with Crippen molar-refractivity contribution in [2.75, 3.05) is 13.2 Å². The number of carbonyl (C=O) groups is 1. The monoisotopic (exact) mass is 495 g/mol. The normalized spacial score (nSPS) is 50.0. The van der Waals surface area contributed by atoms with E-state index in [9.17, 15) is 30.3 Å². The molecule has 15 nitrogen and oxygen atoms in total. The smallest absolute Gasteiger partial charge is 0.207 e. The van der Waals surface area contributed by atoms with Gasteiger partial charge in [0.05, 0.1) is 24.8 Å². The molecule has 1 amide bonds. The van der Waals surface area contributed by atoms with Gasteiger partial charge in [0, 0.05) is 18.6 Å². The number of hydrogen-bond donors (Lipinski definition) is 10. The Morgan fingerprint density at radius 3 is 2.00 bits per heavy atom. The Morgan fingerprint density at radius 2 is 1.41 bits per heavy atom. The molecule has 14 N–H and O–H groups in total. The lowest BCUT2D eigenvalue weighted by atomic mass is 9.84. The molecule has 0 bridgehead atoms. The van der Waals surface area contributed by atoms with Gasteiger partial charge in [-0.05, 0) is 12.8 Å². The maximum absolute atomic E-state index is 11.0. The predicted octanol–water partition coefficient (Wildman–Crippen LogP) is -6.51. The fraction of sp³-hybridized carbons (Fsp3) is 0.947. The van der Waals surface area contributed by atoms with Crippen molar-refractivity contribution in [1.29, 1.82) is 0 Å². The summed E-state index contributed by atoms with van der Waals surface area (Å²) in [7, 11) is 0. The molecule has 2 saturated heterocycles. The van der Waals surface area contributed by atoms with E-state index in [0.717, 1.165) is 0 Å². The molecule has 2 aliphatic heterocycles. The summed E-state index contributed by atoms with van der Waals surface area (Å²) in [6, 6.07) is -3.42. The molecule has 15 heteroatoms. The summed E-state index contributed by atoms with van der Waals surface area (Å²) >= 11 is 0. The van der Waals surface area contributed by atoms with Crippen LogP contribution in [0.3, 0.4) is 0 Å². The van der Waals surface area contributed by atoms with E-state index in [2.05, 4.69) is 5.32 Å². The lowest BCUT2D eigenvalue weighted by Gasteiger charge is -2.47. The minimum Gasteiger partial charge on any atom is -0.394 e. The molecule has 0 aromatic rings. The Labute approximate surface area is 196 Å². The van der Waals surface area contributed by atoms with Crippen LogP contribution in [0.15, 0.2) is 0 Å². The van der Waals surface area contributed by atoms with Crippen molar-refractivity contribution in [3.05, 3.63) is 0 Å². The van der Waals surface area contributed by atoms with Gasteiger partial charge in [-0.2, -0.15) is 0 Å². The Hall–Kier alpha value is -1.05. The van der Waals surface area contributed by atoms with E-state index in [1.54, 1.807) is 0 Å². The lowest BCUT2D eigenvalue weighted by molar-refractivity contribution is -0.315. The highest BCUT2D eigenvalue weighted by atomic mass is 16.7. The zero-order valence-electron chi connectivity index (χ0n) is 18.6. The lowest BCUT2D eigenvalue weighted by Crippen LogP contribution is -2.68. The quantitative estimate of drug-likeness (QED) is 0.140. The molecule has 0 aromatic carbocycles. The van der Waals surface area contributed by atoms with Crippen molar-refractivity contribution < 1.29 is 49.3 Å². The Morgan fingerprint density at radius 1 is 0.824 bits per heavy atom. The third-order valence-electron chi connectivity index (χ3n) is 6.59. The first-order chi connectivity index (χ1) is 16.1. The molecule has 14 unspecified atom stereocenters. The van der Waals surface area contributed by atoms with Crippen LogP contribution < -0.4 is 28.3 Å². The topological polar surface area (TPSA) is 271 Å². The minimum atomic E-state index is -1.46. The molecule has 3 rings (SSSR count). The average molecular weight is 496 g/mol. The fourth-order valence-electron chi connectivity index (χ4n) is 4.56. The molecule has 0 radical (unpaired) electrons. The van der Waals surface area contributed by atoms with Crippen molar-refractivity contribution in [2.45, 2.75) is 98.4 Å². The predicted molar refractivity (Wildman–Crippen MR) is 113 cm³/mol. The van der Waals surface area contributed by atoms with Crippen LogP contribution in [0.1, 0.15) is 12.8 Å². The van der Waals surface area contributed by atoms with E-state index in [-0.39, 0.29) is 19.4 Å². The van der Waals surface area contributed by atoms with Crippen LogP contribution in [0.5, 0.6) is 0 Å². The molecular weight excluding hydrogens is 458 g/mol. The van der Waals surface area contributed by atoms with Crippen LogP contribution in [-0.2, 0) is 23.7 Å². The summed E-state index contributed by atoms with van der Waals surface area (Å²) in [6.07, 6.45) is -10.9. The second-order valence-electron chi connectivity index (χ2n) is 9.08. The zero-order valence-corrected chi connectivity index (χ0v) is 18.6. The molecule has 3 fully saturated rings. The maximum Gasteiger partial charge on any atom is 0.207 e. The van der Waals surface area contributed by atoms with E-state index in [0.29, 0.717) is 6.41 Å². The van der Waals surface area contributed by atoms with Gasteiger partial charge in [-0.15, -0.1) is 0 Å². The maximum atomic E-state index is 11.0. The molecule has 198 valence electrons. The third-order valence-corrected chi connectivity index (χ3v) is 6.59. The van der Waals surface area contributed by atoms with Crippen LogP contribution in [0.25, 0.3) is 0 Å². The first-order valence-corrected chi connectivity index (χ1v) is 11.2. The van der Waals surface area contributed by atoms with Crippen LogP contribution in [0, 0.1) is 0 Å². The molecule has 1 saturated carbocycles. The second-order valence-corrected chi connectivity index (χ2v) is 9.08. The third kappa shape index (κ3) is 5.84. The summed E-state index contributed by atoms with van der Waals surface area (Å²) in [6.45, 7) is -0.539. The van der Waals surface area contributed by atoms with Crippen LogP contribution in [-0.4, -0.2) is 131 Å². The van der Waals surface area contributed by atoms with E-state index < -0.39 is 92.2 Å². The number of carbonyl (C=O) groups excluding carboxylic acids is 1. The largest absolute Gasteiger partial charge is 0.394 e. The summed E-state index contributed by atoms with van der Waals surface area (Å²) < 4.78 is 22.8. The first kappa shape index (κ1) is 27.5. The summed E-state index contributed by atoms with van der Waals surface area (Å²) in [5.41, 5.74) is 24.2. The molecule has 14 atom stereocenters. The number of hydrogen-bond acceptors (Lipinski definition) is 14. The molecule has 34 heavy (non-hydrogen) atoms. The van der Waals surface area contributed by atoms with Crippen LogP contribution >= 0.6 is 0 Å². The molecular formula is C19H37N5O10. The number of aliphatic hydroxyl groups is 5. The number of ether oxygens (including phenoxy) is 4. The molecule has 0 spiro atoms. The van der Waals surface area contributed by atoms with E-state index >= 15 is 0 Å². The van der Waals surface area contributed by atoms with E-state index in [1.165, 1.54) is 0 Å². The summed E-state index contributed by atoms with van der Waals surface area (Å²) in [4.78, 5) is 10.6. The highest BCUT2D eigenvalue weighted by Crippen LogP contribution is 2.30. The zero-order chi connectivity index (χ0) is 25.2. The average Bonchev–Trinajstić information content (AvgIpc) is 2.79. The van der Waals surface area contributed by atoms with Crippen molar-refractivity contribution in [1.82, 2.24) is 5.32 Å². The molecule has 2 heterocycles. The molecule has 0 aromatic heterocycles.